The quantitative estimate of drug-likeness (QED) is 0.320. The number of urea groups is 1. The van der Waals surface area contributed by atoms with E-state index in [2.05, 4.69) is 22.5 Å². The molecule has 2 fully saturated rings. The second-order valence-electron chi connectivity index (χ2n) is 10.3. The molecule has 0 radical (unpaired) electrons. The molecule has 0 saturated carbocycles. The third-order valence-corrected chi connectivity index (χ3v) is 7.23. The Balaban J connectivity index is 2.31. The molecule has 2 rings (SSSR count). The molecule has 202 valence electrons. The number of fused-ring (bicyclic) bond motifs is 1. The van der Waals surface area contributed by atoms with E-state index in [4.69, 9.17) is 5.73 Å². The Hall–Kier alpha value is -2.91. The summed E-state index contributed by atoms with van der Waals surface area (Å²) in [5.74, 6) is -1.93. The first-order valence-electron chi connectivity index (χ1n) is 13.3. The van der Waals surface area contributed by atoms with Gasteiger partial charge in [0.25, 0.3) is 5.91 Å². The molecule has 36 heavy (non-hydrogen) atoms. The number of Topliss-reactive ketones (excluding diaryl/α,β-unsaturated/α-hetero) is 1. The molecule has 2 saturated heterocycles. The fourth-order valence-corrected chi connectivity index (χ4v) is 5.00. The summed E-state index contributed by atoms with van der Waals surface area (Å²) in [7, 11) is 0. The van der Waals surface area contributed by atoms with Crippen LogP contribution in [-0.4, -0.2) is 65.7 Å². The third kappa shape index (κ3) is 8.64. The molecule has 2 aliphatic heterocycles. The van der Waals surface area contributed by atoms with Gasteiger partial charge in [0.2, 0.25) is 17.6 Å². The average molecular weight is 506 g/mol. The highest BCUT2D eigenvalue weighted by molar-refractivity contribution is 6.38. The number of carbonyl (C=O) groups is 5. The number of ketones is 1. The van der Waals surface area contributed by atoms with Gasteiger partial charge < -0.3 is 26.6 Å². The van der Waals surface area contributed by atoms with Gasteiger partial charge in [-0.25, -0.2) is 4.79 Å². The van der Waals surface area contributed by atoms with Crippen LogP contribution >= 0.6 is 0 Å². The van der Waals surface area contributed by atoms with Gasteiger partial charge in [0.05, 0.1) is 6.04 Å². The first-order chi connectivity index (χ1) is 17.1. The average Bonchev–Trinajstić information content (AvgIpc) is 3.29. The van der Waals surface area contributed by atoms with Crippen molar-refractivity contribution in [1.29, 1.82) is 0 Å². The maximum Gasteiger partial charge on any atom is 0.312 e. The number of carbonyl (C=O) groups excluding carboxylic acids is 5. The summed E-state index contributed by atoms with van der Waals surface area (Å²) in [6.45, 7) is 8.15. The maximum atomic E-state index is 13.5. The Bertz CT molecular complexity index is 815. The zero-order valence-electron chi connectivity index (χ0n) is 21.7. The summed E-state index contributed by atoms with van der Waals surface area (Å²) in [5.41, 5.74) is 5.36. The van der Waals surface area contributed by atoms with Gasteiger partial charge in [0.15, 0.2) is 0 Å². The lowest BCUT2D eigenvalue weighted by molar-refractivity contribution is -0.142. The van der Waals surface area contributed by atoms with Crippen molar-refractivity contribution < 1.29 is 24.0 Å². The van der Waals surface area contributed by atoms with Gasteiger partial charge in [0, 0.05) is 13.1 Å². The normalized spacial score (nSPS) is 26.6. The molecule has 0 bridgehead atoms. The van der Waals surface area contributed by atoms with E-state index in [1.54, 1.807) is 0 Å². The van der Waals surface area contributed by atoms with E-state index in [0.717, 1.165) is 38.5 Å². The van der Waals surface area contributed by atoms with E-state index >= 15 is 0 Å². The van der Waals surface area contributed by atoms with Crippen molar-refractivity contribution in [3.05, 3.63) is 12.7 Å². The second kappa shape index (κ2) is 14.6. The fourth-order valence-electron chi connectivity index (χ4n) is 5.00. The standard InChI is InChI=1S/C26H43N5O5/c1-4-14-28-24(34)22(32)19-12-10-8-6-5-7-9-11-13-20(30-26(27)36)25(35)31-16-18(17(2)3)15-21(31)23(33)29-19/h4,17-21H,1,5-16H2,2-3H3,(H,28,34)(H,29,33)(H3,27,30,36)/t18-,19+,20+,21+/m1/s1. The summed E-state index contributed by atoms with van der Waals surface area (Å²) in [5, 5.41) is 7.84. The molecule has 0 aromatic rings. The number of nitrogens with one attached hydrogen (secondary N) is 3. The number of primary amides is 1. The van der Waals surface area contributed by atoms with Crippen molar-refractivity contribution in [1.82, 2.24) is 20.9 Å². The van der Waals surface area contributed by atoms with Crippen LogP contribution in [0.5, 0.6) is 0 Å². The summed E-state index contributed by atoms with van der Waals surface area (Å²) in [6, 6.07) is -3.34. The van der Waals surface area contributed by atoms with Crippen LogP contribution in [0, 0.1) is 11.8 Å². The van der Waals surface area contributed by atoms with E-state index in [0.29, 0.717) is 32.2 Å². The highest BCUT2D eigenvalue weighted by atomic mass is 16.2. The van der Waals surface area contributed by atoms with Crippen LogP contribution < -0.4 is 21.7 Å². The fraction of sp³-hybridized carbons (Fsp3) is 0.731. The van der Waals surface area contributed by atoms with Crippen molar-refractivity contribution >= 4 is 29.5 Å². The monoisotopic (exact) mass is 505 g/mol. The lowest BCUT2D eigenvalue weighted by Gasteiger charge is -2.29. The zero-order valence-corrected chi connectivity index (χ0v) is 21.7. The van der Waals surface area contributed by atoms with Gasteiger partial charge in [-0.05, 0) is 31.1 Å². The van der Waals surface area contributed by atoms with Crippen LogP contribution in [0.4, 0.5) is 4.79 Å². The van der Waals surface area contributed by atoms with Gasteiger partial charge in [-0.1, -0.05) is 64.9 Å². The van der Waals surface area contributed by atoms with Crippen LogP contribution in [0.25, 0.3) is 0 Å². The summed E-state index contributed by atoms with van der Waals surface area (Å²) < 4.78 is 0. The summed E-state index contributed by atoms with van der Waals surface area (Å²) in [6.07, 6.45) is 9.01. The second-order valence-corrected chi connectivity index (χ2v) is 10.3. The molecule has 5 amide bonds. The van der Waals surface area contributed by atoms with Crippen molar-refractivity contribution in [2.24, 2.45) is 17.6 Å². The van der Waals surface area contributed by atoms with E-state index in [9.17, 15) is 24.0 Å². The highest BCUT2D eigenvalue weighted by Crippen LogP contribution is 2.30. The molecule has 0 aliphatic carbocycles. The van der Waals surface area contributed by atoms with Crippen LogP contribution in [0.2, 0.25) is 0 Å². The highest BCUT2D eigenvalue weighted by Gasteiger charge is 2.43. The predicted molar refractivity (Wildman–Crippen MR) is 137 cm³/mol. The molecule has 0 spiro atoms. The van der Waals surface area contributed by atoms with Gasteiger partial charge in [-0.15, -0.1) is 6.58 Å². The Labute approximate surface area is 214 Å². The topological polar surface area (TPSA) is 151 Å². The Morgan fingerprint density at radius 3 is 2.28 bits per heavy atom. The first kappa shape index (κ1) is 29.3. The van der Waals surface area contributed by atoms with Crippen LogP contribution in [-0.2, 0) is 19.2 Å². The van der Waals surface area contributed by atoms with E-state index in [1.807, 2.05) is 13.8 Å². The molecule has 10 heteroatoms. The largest absolute Gasteiger partial charge is 0.352 e. The van der Waals surface area contributed by atoms with Crippen molar-refractivity contribution in [3.63, 3.8) is 0 Å². The van der Waals surface area contributed by atoms with Crippen LogP contribution in [0.1, 0.15) is 78.1 Å². The summed E-state index contributed by atoms with van der Waals surface area (Å²) in [4.78, 5) is 65.4. The molecule has 0 aromatic carbocycles. The van der Waals surface area contributed by atoms with Gasteiger partial charge >= 0.3 is 6.03 Å². The molecule has 0 aromatic heterocycles. The molecule has 0 unspecified atom stereocenters. The predicted octanol–water partition coefficient (Wildman–Crippen LogP) is 1.78. The molecular formula is C26H43N5O5. The van der Waals surface area contributed by atoms with Gasteiger partial charge in [0.1, 0.15) is 12.1 Å². The zero-order chi connectivity index (χ0) is 26.7. The van der Waals surface area contributed by atoms with E-state index in [1.165, 1.54) is 11.0 Å². The minimum Gasteiger partial charge on any atom is -0.352 e. The number of amides is 5. The van der Waals surface area contributed by atoms with Crippen LogP contribution in [0.15, 0.2) is 12.7 Å². The third-order valence-electron chi connectivity index (χ3n) is 7.23. The lowest BCUT2D eigenvalue weighted by atomic mass is 9.93. The Kier molecular flexibility index (Phi) is 11.9. The smallest absolute Gasteiger partial charge is 0.312 e. The van der Waals surface area contributed by atoms with Crippen molar-refractivity contribution in [3.8, 4) is 0 Å². The molecule has 10 nitrogen and oxygen atoms in total. The number of hydrogen-bond donors (Lipinski definition) is 4. The number of hydrogen-bond acceptors (Lipinski definition) is 5. The molecular weight excluding hydrogens is 462 g/mol. The Morgan fingerprint density at radius 1 is 1.08 bits per heavy atom. The number of nitrogens with two attached hydrogens (primary N) is 1. The Morgan fingerprint density at radius 2 is 1.69 bits per heavy atom. The molecule has 4 atom stereocenters. The number of rotatable bonds is 6. The minimum atomic E-state index is -0.968. The maximum absolute atomic E-state index is 13.5. The molecule has 2 heterocycles. The van der Waals surface area contributed by atoms with Gasteiger partial charge in [-0.2, -0.15) is 0 Å². The first-order valence-corrected chi connectivity index (χ1v) is 13.3. The number of nitrogens with zero attached hydrogens (tertiary/aromatic N) is 1. The van der Waals surface area contributed by atoms with Crippen LogP contribution in [0.3, 0.4) is 0 Å². The SMILES string of the molecule is C=CCNC(=O)C(=O)[C@@H]1CCCCCCCCC[C@H](NC(N)=O)C(=O)N2C[C@H](C(C)C)C[C@H]2C(=O)N1. The molecule has 2 aliphatic rings. The van der Waals surface area contributed by atoms with Crippen molar-refractivity contribution in [2.45, 2.75) is 96.2 Å². The van der Waals surface area contributed by atoms with Gasteiger partial charge in [-0.3, -0.25) is 19.2 Å². The van der Waals surface area contributed by atoms with E-state index in [-0.39, 0.29) is 24.3 Å². The lowest BCUT2D eigenvalue weighted by Crippen LogP contribution is -2.56. The summed E-state index contributed by atoms with van der Waals surface area (Å²) >= 11 is 0. The minimum absolute atomic E-state index is 0.0889. The van der Waals surface area contributed by atoms with Crippen molar-refractivity contribution in [2.75, 3.05) is 13.1 Å². The molecule has 5 N–H and O–H groups in total. The van der Waals surface area contributed by atoms with E-state index < -0.39 is 41.8 Å².